The van der Waals surface area contributed by atoms with Crippen molar-refractivity contribution in [1.29, 1.82) is 0 Å². The Kier molecular flexibility index (Phi) is 6.18. The monoisotopic (exact) mass is 312 g/mol. The maximum Gasteiger partial charge on any atom is 0.237 e. The fourth-order valence-electron chi connectivity index (χ4n) is 2.37. The van der Waals surface area contributed by atoms with E-state index in [9.17, 15) is 9.90 Å². The van der Waals surface area contributed by atoms with E-state index >= 15 is 0 Å². The van der Waals surface area contributed by atoms with Gasteiger partial charge in [0, 0.05) is 18.7 Å². The highest BCUT2D eigenvalue weighted by atomic mass is 16.3. The summed E-state index contributed by atoms with van der Waals surface area (Å²) in [5, 5.41) is 12.8. The number of carbonyl (C=O) groups excluding carboxylic acids is 1. The highest BCUT2D eigenvalue weighted by molar-refractivity contribution is 5.81. The number of benzene rings is 2. The van der Waals surface area contributed by atoms with E-state index in [1.807, 2.05) is 49.2 Å². The van der Waals surface area contributed by atoms with Crippen LogP contribution >= 0.6 is 0 Å². The second-order valence-electron chi connectivity index (χ2n) is 5.75. The van der Waals surface area contributed by atoms with Crippen LogP contribution in [0.2, 0.25) is 0 Å². The predicted octanol–water partition coefficient (Wildman–Crippen LogP) is 2.57. The molecule has 0 radical (unpaired) electrons. The maximum absolute atomic E-state index is 12.2. The van der Waals surface area contributed by atoms with Crippen LogP contribution in [-0.2, 0) is 17.8 Å². The molecule has 0 saturated heterocycles. The highest BCUT2D eigenvalue weighted by Crippen LogP contribution is 2.18. The predicted molar refractivity (Wildman–Crippen MR) is 92.2 cm³/mol. The molecule has 0 heterocycles. The number of hydrogen-bond acceptors (Lipinski definition) is 3. The summed E-state index contributed by atoms with van der Waals surface area (Å²) >= 11 is 0. The molecular formula is C19H24N2O2. The van der Waals surface area contributed by atoms with Crippen molar-refractivity contribution in [3.05, 3.63) is 65.7 Å². The van der Waals surface area contributed by atoms with Gasteiger partial charge in [0.2, 0.25) is 5.91 Å². The Bertz CT molecular complexity index is 628. The SMILES string of the molecule is C[C@@H](C(=O)NCCc1ccccc1)N(C)Cc1ccccc1O. The van der Waals surface area contributed by atoms with Crippen molar-refractivity contribution in [3.8, 4) is 5.75 Å². The van der Waals surface area contributed by atoms with Crippen LogP contribution in [0, 0.1) is 0 Å². The van der Waals surface area contributed by atoms with Gasteiger partial charge in [0.1, 0.15) is 5.75 Å². The summed E-state index contributed by atoms with van der Waals surface area (Å²) in [7, 11) is 1.88. The normalized spacial score (nSPS) is 12.1. The van der Waals surface area contributed by atoms with E-state index in [0.29, 0.717) is 13.1 Å². The van der Waals surface area contributed by atoms with Crippen molar-refractivity contribution in [1.82, 2.24) is 10.2 Å². The fraction of sp³-hybridized carbons (Fsp3) is 0.316. The third-order valence-corrected chi connectivity index (χ3v) is 4.01. The van der Waals surface area contributed by atoms with E-state index in [-0.39, 0.29) is 17.7 Å². The minimum Gasteiger partial charge on any atom is -0.508 e. The molecule has 2 N–H and O–H groups in total. The smallest absolute Gasteiger partial charge is 0.237 e. The number of aromatic hydroxyl groups is 1. The van der Waals surface area contributed by atoms with E-state index < -0.39 is 0 Å². The first kappa shape index (κ1) is 17.0. The number of phenols is 1. The Morgan fingerprint density at radius 3 is 2.48 bits per heavy atom. The Balaban J connectivity index is 1.80. The van der Waals surface area contributed by atoms with Crippen molar-refractivity contribution < 1.29 is 9.90 Å². The number of likely N-dealkylation sites (N-methyl/N-ethyl adjacent to an activating group) is 1. The lowest BCUT2D eigenvalue weighted by molar-refractivity contribution is -0.125. The van der Waals surface area contributed by atoms with Crippen LogP contribution in [0.5, 0.6) is 5.75 Å². The van der Waals surface area contributed by atoms with Crippen LogP contribution in [0.15, 0.2) is 54.6 Å². The first-order chi connectivity index (χ1) is 11.1. The first-order valence-electron chi connectivity index (χ1n) is 7.86. The summed E-state index contributed by atoms with van der Waals surface area (Å²) in [6.45, 7) is 3.02. The number of para-hydroxylation sites is 1. The van der Waals surface area contributed by atoms with Crippen LogP contribution in [0.4, 0.5) is 0 Å². The molecule has 0 spiro atoms. The van der Waals surface area contributed by atoms with Gasteiger partial charge in [-0.3, -0.25) is 9.69 Å². The average molecular weight is 312 g/mol. The van der Waals surface area contributed by atoms with E-state index in [4.69, 9.17) is 0 Å². The minimum absolute atomic E-state index is 0.00106. The molecule has 0 aliphatic rings. The van der Waals surface area contributed by atoms with Crippen molar-refractivity contribution in [3.63, 3.8) is 0 Å². The molecule has 4 heteroatoms. The zero-order valence-corrected chi connectivity index (χ0v) is 13.7. The quantitative estimate of drug-likeness (QED) is 0.826. The molecule has 0 bridgehead atoms. The van der Waals surface area contributed by atoms with Gasteiger partial charge in [-0.2, -0.15) is 0 Å². The number of nitrogens with one attached hydrogen (secondary N) is 1. The summed E-state index contributed by atoms with van der Waals surface area (Å²) in [5.74, 6) is 0.259. The third kappa shape index (κ3) is 5.11. The lowest BCUT2D eigenvalue weighted by Gasteiger charge is -2.24. The van der Waals surface area contributed by atoms with Crippen molar-refractivity contribution in [2.45, 2.75) is 25.9 Å². The molecule has 0 aliphatic carbocycles. The molecule has 0 fully saturated rings. The van der Waals surface area contributed by atoms with E-state index in [0.717, 1.165) is 12.0 Å². The number of amides is 1. The molecule has 23 heavy (non-hydrogen) atoms. The lowest BCUT2D eigenvalue weighted by Crippen LogP contribution is -2.43. The van der Waals surface area contributed by atoms with Crippen LogP contribution < -0.4 is 5.32 Å². The molecule has 0 aliphatic heterocycles. The Morgan fingerprint density at radius 2 is 1.78 bits per heavy atom. The van der Waals surface area contributed by atoms with E-state index in [1.165, 1.54) is 5.56 Å². The second-order valence-corrected chi connectivity index (χ2v) is 5.75. The van der Waals surface area contributed by atoms with Gasteiger partial charge in [-0.1, -0.05) is 48.5 Å². The van der Waals surface area contributed by atoms with Crippen molar-refractivity contribution >= 4 is 5.91 Å². The Hall–Kier alpha value is -2.33. The van der Waals surface area contributed by atoms with E-state index in [2.05, 4.69) is 17.4 Å². The molecule has 0 saturated carbocycles. The summed E-state index contributed by atoms with van der Waals surface area (Å²) in [5.41, 5.74) is 2.03. The highest BCUT2D eigenvalue weighted by Gasteiger charge is 2.18. The van der Waals surface area contributed by atoms with Gasteiger partial charge in [0.05, 0.1) is 6.04 Å². The summed E-state index contributed by atoms with van der Waals surface area (Å²) in [6, 6.07) is 17.0. The zero-order chi connectivity index (χ0) is 16.7. The Labute approximate surface area is 137 Å². The molecule has 122 valence electrons. The fourth-order valence-corrected chi connectivity index (χ4v) is 2.37. The summed E-state index contributed by atoms with van der Waals surface area (Å²) in [4.78, 5) is 14.2. The molecule has 4 nitrogen and oxygen atoms in total. The van der Waals surface area contributed by atoms with Crippen LogP contribution in [0.1, 0.15) is 18.1 Å². The van der Waals surface area contributed by atoms with Crippen molar-refractivity contribution in [2.75, 3.05) is 13.6 Å². The van der Waals surface area contributed by atoms with Gasteiger partial charge < -0.3 is 10.4 Å². The maximum atomic E-state index is 12.2. The van der Waals surface area contributed by atoms with Gasteiger partial charge >= 0.3 is 0 Å². The largest absolute Gasteiger partial charge is 0.508 e. The van der Waals surface area contributed by atoms with Crippen LogP contribution in [0.3, 0.4) is 0 Å². The molecule has 0 aromatic heterocycles. The van der Waals surface area contributed by atoms with Gasteiger partial charge in [0.15, 0.2) is 0 Å². The van der Waals surface area contributed by atoms with Crippen LogP contribution in [-0.4, -0.2) is 35.5 Å². The molecule has 1 atom stereocenters. The number of phenolic OH excluding ortho intramolecular Hbond substituents is 1. The van der Waals surface area contributed by atoms with E-state index in [1.54, 1.807) is 12.1 Å². The number of carbonyl (C=O) groups is 1. The van der Waals surface area contributed by atoms with Crippen LogP contribution in [0.25, 0.3) is 0 Å². The van der Waals surface area contributed by atoms with Gasteiger partial charge in [-0.15, -0.1) is 0 Å². The minimum atomic E-state index is -0.259. The zero-order valence-electron chi connectivity index (χ0n) is 13.7. The van der Waals surface area contributed by atoms with Crippen molar-refractivity contribution in [2.24, 2.45) is 0 Å². The molecule has 1 amide bonds. The number of rotatable bonds is 7. The number of hydrogen-bond donors (Lipinski definition) is 2. The molecule has 2 aromatic carbocycles. The Morgan fingerprint density at radius 1 is 1.13 bits per heavy atom. The topological polar surface area (TPSA) is 52.6 Å². The standard InChI is InChI=1S/C19H24N2O2/c1-15(21(2)14-17-10-6-7-11-18(17)22)19(23)20-13-12-16-8-4-3-5-9-16/h3-11,15,22H,12-14H2,1-2H3,(H,20,23)/t15-/m0/s1. The molecule has 2 aromatic rings. The lowest BCUT2D eigenvalue weighted by atomic mass is 10.1. The average Bonchev–Trinajstić information content (AvgIpc) is 2.57. The van der Waals surface area contributed by atoms with Gasteiger partial charge in [0.25, 0.3) is 0 Å². The number of nitrogens with zero attached hydrogens (tertiary/aromatic N) is 1. The third-order valence-electron chi connectivity index (χ3n) is 4.01. The summed E-state index contributed by atoms with van der Waals surface area (Å²) < 4.78 is 0. The molecule has 0 unspecified atom stereocenters. The first-order valence-corrected chi connectivity index (χ1v) is 7.86. The summed E-state index contributed by atoms with van der Waals surface area (Å²) in [6.07, 6.45) is 0.822. The second kappa shape index (κ2) is 8.34. The van der Waals surface area contributed by atoms with Gasteiger partial charge in [-0.25, -0.2) is 0 Å². The molecular weight excluding hydrogens is 288 g/mol. The molecule has 2 rings (SSSR count). The van der Waals surface area contributed by atoms with Gasteiger partial charge in [-0.05, 0) is 32.0 Å².